The number of carbonyl (C=O) groups excluding carboxylic acids is 1. The van der Waals surface area contributed by atoms with E-state index in [1.165, 1.54) is 16.4 Å². The molecule has 1 amide bonds. The van der Waals surface area contributed by atoms with Gasteiger partial charge in [0.1, 0.15) is 5.82 Å². The van der Waals surface area contributed by atoms with Crippen LogP contribution in [0.4, 0.5) is 10.1 Å². The molecule has 0 saturated carbocycles. The van der Waals surface area contributed by atoms with E-state index in [0.717, 1.165) is 11.8 Å². The van der Waals surface area contributed by atoms with Gasteiger partial charge < -0.3 is 5.32 Å². The van der Waals surface area contributed by atoms with Gasteiger partial charge >= 0.3 is 0 Å². The summed E-state index contributed by atoms with van der Waals surface area (Å²) >= 11 is 0. The molecule has 0 heterocycles. The van der Waals surface area contributed by atoms with Crippen LogP contribution in [0.25, 0.3) is 0 Å². The highest BCUT2D eigenvalue weighted by atomic mass is 32.2. The predicted molar refractivity (Wildman–Crippen MR) is 111 cm³/mol. The summed E-state index contributed by atoms with van der Waals surface area (Å²) in [5, 5.41) is 2.83. The molecule has 29 heavy (non-hydrogen) atoms. The highest BCUT2D eigenvalue weighted by Gasteiger charge is 2.18. The summed E-state index contributed by atoms with van der Waals surface area (Å²) in [5.41, 5.74) is 2.50. The monoisotopic (exact) mass is 412 g/mol. The van der Waals surface area contributed by atoms with E-state index in [1.54, 1.807) is 36.4 Å². The number of hydrogen-bond donors (Lipinski definition) is 1. The Balaban J connectivity index is 1.73. The van der Waals surface area contributed by atoms with E-state index in [1.807, 2.05) is 30.3 Å². The minimum atomic E-state index is -3.57. The van der Waals surface area contributed by atoms with Crippen molar-refractivity contribution < 1.29 is 17.6 Å². The zero-order valence-electron chi connectivity index (χ0n) is 15.9. The number of sulfonamides is 1. The number of anilines is 1. The molecule has 0 spiro atoms. The molecule has 7 heteroatoms. The molecule has 150 valence electrons. The zero-order chi connectivity index (χ0) is 20.9. The molecule has 3 rings (SSSR count). The van der Waals surface area contributed by atoms with Crippen LogP contribution in [0.2, 0.25) is 0 Å². The SMILES string of the molecule is CS(=O)(=O)N(Cc1ccc(F)cc1)c1ccc(C(=O)NCc2ccccc2)cc1. The van der Waals surface area contributed by atoms with E-state index in [9.17, 15) is 17.6 Å². The Labute approximate surface area is 169 Å². The smallest absolute Gasteiger partial charge is 0.251 e. The molecule has 0 aromatic heterocycles. The lowest BCUT2D eigenvalue weighted by atomic mass is 10.1. The molecule has 0 atom stereocenters. The Morgan fingerprint density at radius 3 is 2.10 bits per heavy atom. The number of hydrogen-bond acceptors (Lipinski definition) is 3. The number of amides is 1. The Kier molecular flexibility index (Phi) is 6.29. The molecule has 0 aliphatic rings. The molecule has 0 saturated heterocycles. The second-order valence-corrected chi connectivity index (χ2v) is 8.52. The molecule has 0 unspecified atom stereocenters. The number of halogens is 1. The minimum absolute atomic E-state index is 0.0681. The number of rotatable bonds is 7. The first-order valence-electron chi connectivity index (χ1n) is 8.97. The van der Waals surface area contributed by atoms with Gasteiger partial charge in [0.25, 0.3) is 5.91 Å². The number of benzene rings is 3. The maximum Gasteiger partial charge on any atom is 0.251 e. The van der Waals surface area contributed by atoms with Gasteiger partial charge in [0.15, 0.2) is 0 Å². The van der Waals surface area contributed by atoms with E-state index in [-0.39, 0.29) is 18.3 Å². The van der Waals surface area contributed by atoms with Crippen molar-refractivity contribution in [1.29, 1.82) is 0 Å². The third-order valence-corrected chi connectivity index (χ3v) is 5.49. The first-order chi connectivity index (χ1) is 13.8. The Hall–Kier alpha value is -3.19. The molecule has 0 aliphatic heterocycles. The van der Waals surface area contributed by atoms with E-state index in [0.29, 0.717) is 23.4 Å². The number of carbonyl (C=O) groups is 1. The lowest BCUT2D eigenvalue weighted by Gasteiger charge is -2.22. The van der Waals surface area contributed by atoms with Crippen molar-refractivity contribution in [3.63, 3.8) is 0 Å². The van der Waals surface area contributed by atoms with Gasteiger partial charge in [-0.15, -0.1) is 0 Å². The van der Waals surface area contributed by atoms with Crippen molar-refractivity contribution in [2.24, 2.45) is 0 Å². The summed E-state index contributed by atoms with van der Waals surface area (Å²) in [4.78, 5) is 12.3. The molecule has 0 bridgehead atoms. The van der Waals surface area contributed by atoms with Crippen molar-refractivity contribution in [3.8, 4) is 0 Å². The summed E-state index contributed by atoms with van der Waals surface area (Å²) < 4.78 is 38.8. The second-order valence-electron chi connectivity index (χ2n) is 6.61. The number of nitrogens with one attached hydrogen (secondary N) is 1. The van der Waals surface area contributed by atoms with E-state index in [4.69, 9.17) is 0 Å². The van der Waals surface area contributed by atoms with Gasteiger partial charge in [0.05, 0.1) is 18.5 Å². The van der Waals surface area contributed by atoms with E-state index in [2.05, 4.69) is 5.32 Å². The van der Waals surface area contributed by atoms with Gasteiger partial charge in [-0.25, -0.2) is 12.8 Å². The highest BCUT2D eigenvalue weighted by Crippen LogP contribution is 2.21. The van der Waals surface area contributed by atoms with Crippen molar-refractivity contribution in [2.75, 3.05) is 10.6 Å². The lowest BCUT2D eigenvalue weighted by molar-refractivity contribution is 0.0951. The molecule has 0 aliphatic carbocycles. The van der Waals surface area contributed by atoms with Gasteiger partial charge in [0, 0.05) is 12.1 Å². The fraction of sp³-hybridized carbons (Fsp3) is 0.136. The average Bonchev–Trinajstić information content (AvgIpc) is 2.71. The summed E-state index contributed by atoms with van der Waals surface area (Å²) in [5.74, 6) is -0.629. The molecule has 0 radical (unpaired) electrons. The van der Waals surface area contributed by atoms with Crippen LogP contribution in [-0.2, 0) is 23.1 Å². The van der Waals surface area contributed by atoms with Crippen LogP contribution >= 0.6 is 0 Å². The minimum Gasteiger partial charge on any atom is -0.348 e. The van der Waals surface area contributed by atoms with Crippen molar-refractivity contribution in [1.82, 2.24) is 5.32 Å². The van der Waals surface area contributed by atoms with Crippen molar-refractivity contribution >= 4 is 21.6 Å². The van der Waals surface area contributed by atoms with Crippen molar-refractivity contribution in [3.05, 3.63) is 101 Å². The summed E-state index contributed by atoms with van der Waals surface area (Å²) in [6, 6.07) is 21.5. The van der Waals surface area contributed by atoms with Gasteiger partial charge in [0.2, 0.25) is 10.0 Å². The highest BCUT2D eigenvalue weighted by molar-refractivity contribution is 7.92. The molecule has 5 nitrogen and oxygen atoms in total. The van der Waals surface area contributed by atoms with Gasteiger partial charge in [-0.1, -0.05) is 42.5 Å². The topological polar surface area (TPSA) is 66.5 Å². The molecule has 0 fully saturated rings. The van der Waals surface area contributed by atoms with Crippen LogP contribution < -0.4 is 9.62 Å². The molecule has 3 aromatic rings. The third-order valence-electron chi connectivity index (χ3n) is 4.35. The largest absolute Gasteiger partial charge is 0.348 e. The average molecular weight is 412 g/mol. The van der Waals surface area contributed by atoms with Crippen LogP contribution in [0.15, 0.2) is 78.9 Å². The molecular formula is C22H21FN2O3S. The molecular weight excluding hydrogens is 391 g/mol. The van der Waals surface area contributed by atoms with Crippen LogP contribution in [0.1, 0.15) is 21.5 Å². The normalized spacial score (nSPS) is 11.1. The fourth-order valence-electron chi connectivity index (χ4n) is 2.81. The van der Waals surface area contributed by atoms with Crippen LogP contribution in [0.5, 0.6) is 0 Å². The standard InChI is InChI=1S/C22H21FN2O3S/c1-29(27,28)25(16-18-7-11-20(23)12-8-18)21-13-9-19(10-14-21)22(26)24-15-17-5-3-2-4-6-17/h2-14H,15-16H2,1H3,(H,24,26). The van der Waals surface area contributed by atoms with Crippen LogP contribution in [0.3, 0.4) is 0 Å². The van der Waals surface area contributed by atoms with Gasteiger partial charge in [-0.3, -0.25) is 9.10 Å². The number of nitrogens with zero attached hydrogens (tertiary/aromatic N) is 1. The Morgan fingerprint density at radius 2 is 1.52 bits per heavy atom. The Bertz CT molecular complexity index is 1070. The lowest BCUT2D eigenvalue weighted by Crippen LogP contribution is -2.29. The van der Waals surface area contributed by atoms with Gasteiger partial charge in [-0.2, -0.15) is 0 Å². The second kappa shape index (κ2) is 8.87. The van der Waals surface area contributed by atoms with Crippen LogP contribution in [-0.4, -0.2) is 20.6 Å². The van der Waals surface area contributed by atoms with E-state index >= 15 is 0 Å². The summed E-state index contributed by atoms with van der Waals surface area (Å²) in [6.45, 7) is 0.472. The molecule has 3 aromatic carbocycles. The van der Waals surface area contributed by atoms with Crippen LogP contribution in [0, 0.1) is 5.82 Å². The first-order valence-corrected chi connectivity index (χ1v) is 10.8. The maximum absolute atomic E-state index is 13.1. The Morgan fingerprint density at radius 1 is 0.897 bits per heavy atom. The molecule has 1 N–H and O–H groups in total. The first kappa shape index (κ1) is 20.5. The third kappa shape index (κ3) is 5.65. The zero-order valence-corrected chi connectivity index (χ0v) is 16.7. The summed E-state index contributed by atoms with van der Waals surface area (Å²) in [7, 11) is -3.57. The maximum atomic E-state index is 13.1. The summed E-state index contributed by atoms with van der Waals surface area (Å²) in [6.07, 6.45) is 1.11. The van der Waals surface area contributed by atoms with Gasteiger partial charge in [-0.05, 0) is 47.5 Å². The fourth-order valence-corrected chi connectivity index (χ4v) is 3.70. The quantitative estimate of drug-likeness (QED) is 0.643. The van der Waals surface area contributed by atoms with E-state index < -0.39 is 10.0 Å². The van der Waals surface area contributed by atoms with Crippen molar-refractivity contribution in [2.45, 2.75) is 13.1 Å². The predicted octanol–water partition coefficient (Wildman–Crippen LogP) is 3.72.